The van der Waals surface area contributed by atoms with Crippen LogP contribution in [0.3, 0.4) is 0 Å². The lowest BCUT2D eigenvalue weighted by atomic mass is 9.89. The summed E-state index contributed by atoms with van der Waals surface area (Å²) in [4.78, 5) is 19.7. The third-order valence-corrected chi connectivity index (χ3v) is 5.67. The van der Waals surface area contributed by atoms with Gasteiger partial charge in [0.05, 0.1) is 6.26 Å². The first-order valence-corrected chi connectivity index (χ1v) is 11.5. The smallest absolute Gasteiger partial charge is 0.229 e. The molecule has 0 saturated carbocycles. The highest BCUT2D eigenvalue weighted by atomic mass is 35.5. The molecular formula is C21H33Cl2N3O5S. The first kappa shape index (κ1) is 32.4. The molecule has 1 aliphatic rings. The molecule has 0 aliphatic carbocycles. The van der Waals surface area contributed by atoms with Gasteiger partial charge in [0, 0.05) is 41.5 Å². The molecule has 0 bridgehead atoms. The summed E-state index contributed by atoms with van der Waals surface area (Å²) in [6, 6.07) is 12.8. The zero-order valence-electron chi connectivity index (χ0n) is 18.2. The van der Waals surface area contributed by atoms with E-state index in [4.69, 9.17) is 0 Å². The van der Waals surface area contributed by atoms with Crippen LogP contribution in [0.15, 0.2) is 42.5 Å². The molecule has 0 amide bonds. The van der Waals surface area contributed by atoms with Gasteiger partial charge in [-0.2, -0.15) is 0 Å². The standard InChI is InChI=1S/C21H27N3O3S.2ClH.2H2O/c1-16-4-3-5-19(22-16)12-15-24-13-10-18(11-14-24)21(25)17-6-8-20(9-7-17)23-28(2,26)27;;;;/h3-9,18,23H,10-15H2,1-2H3;2*1H;2*1H2. The van der Waals surface area contributed by atoms with Crippen molar-refractivity contribution in [2.24, 2.45) is 5.92 Å². The Bertz CT molecular complexity index is 935. The van der Waals surface area contributed by atoms with Crippen molar-refractivity contribution in [3.05, 3.63) is 59.4 Å². The number of anilines is 1. The number of benzene rings is 1. The normalized spacial score (nSPS) is 14.1. The van der Waals surface area contributed by atoms with Crippen molar-refractivity contribution in [1.29, 1.82) is 0 Å². The van der Waals surface area contributed by atoms with Crippen LogP contribution in [-0.2, 0) is 16.4 Å². The maximum atomic E-state index is 12.8. The number of carbonyl (C=O) groups excluding carboxylic acids is 1. The summed E-state index contributed by atoms with van der Waals surface area (Å²) < 4.78 is 25.0. The van der Waals surface area contributed by atoms with Crippen LogP contribution in [0, 0.1) is 12.8 Å². The van der Waals surface area contributed by atoms with E-state index in [1.807, 2.05) is 19.1 Å². The zero-order chi connectivity index (χ0) is 20.1. The summed E-state index contributed by atoms with van der Waals surface area (Å²) in [5.74, 6) is 0.174. The highest BCUT2D eigenvalue weighted by Crippen LogP contribution is 2.23. The predicted octanol–water partition coefficient (Wildman–Crippen LogP) is 2.09. The van der Waals surface area contributed by atoms with Gasteiger partial charge in [0.2, 0.25) is 10.0 Å². The summed E-state index contributed by atoms with van der Waals surface area (Å²) in [6.07, 6.45) is 3.73. The van der Waals surface area contributed by atoms with E-state index in [1.54, 1.807) is 24.3 Å². The summed E-state index contributed by atoms with van der Waals surface area (Å²) in [6.45, 7) is 4.79. The molecule has 1 fully saturated rings. The second kappa shape index (κ2) is 14.4. The molecule has 0 radical (unpaired) electrons. The molecule has 2 heterocycles. The number of sulfonamides is 1. The monoisotopic (exact) mass is 509 g/mol. The molecule has 1 aromatic carbocycles. The molecule has 2 aromatic rings. The average Bonchev–Trinajstić information content (AvgIpc) is 2.66. The van der Waals surface area contributed by atoms with Crippen molar-refractivity contribution < 1.29 is 24.2 Å². The largest absolute Gasteiger partial charge is 0.412 e. The fraction of sp³-hybridized carbons (Fsp3) is 0.429. The minimum atomic E-state index is -3.31. The van der Waals surface area contributed by atoms with E-state index in [1.165, 1.54) is 0 Å². The van der Waals surface area contributed by atoms with E-state index in [0.29, 0.717) is 11.3 Å². The zero-order valence-corrected chi connectivity index (χ0v) is 20.7. The summed E-state index contributed by atoms with van der Waals surface area (Å²) in [7, 11) is -3.31. The maximum absolute atomic E-state index is 12.8. The molecule has 182 valence electrons. The number of rotatable bonds is 7. The molecule has 11 heteroatoms. The summed E-state index contributed by atoms with van der Waals surface area (Å²) in [5, 5.41) is 0. The van der Waals surface area contributed by atoms with E-state index < -0.39 is 10.0 Å². The lowest BCUT2D eigenvalue weighted by molar-refractivity contribution is 0.0841. The molecule has 3 rings (SSSR count). The Kier molecular flexibility index (Phi) is 14.6. The minimum absolute atomic E-state index is 0. The minimum Gasteiger partial charge on any atom is -0.412 e. The number of nitrogens with one attached hydrogen (secondary N) is 1. The number of nitrogens with zero attached hydrogens (tertiary/aromatic N) is 2. The molecule has 1 aromatic heterocycles. The SMILES string of the molecule is Cc1cccc(CCN2CCC(C(=O)c3ccc(NS(C)(=O)=O)cc3)CC2)n1.Cl.Cl.O.O. The number of aromatic nitrogens is 1. The Morgan fingerprint density at radius 2 is 1.66 bits per heavy atom. The number of halogens is 2. The Hall–Kier alpha value is -1.75. The van der Waals surface area contributed by atoms with Gasteiger partial charge in [0.25, 0.3) is 0 Å². The van der Waals surface area contributed by atoms with Crippen molar-refractivity contribution in [2.75, 3.05) is 30.6 Å². The van der Waals surface area contributed by atoms with Crippen LogP contribution in [0.1, 0.15) is 34.6 Å². The van der Waals surface area contributed by atoms with Gasteiger partial charge in [0.1, 0.15) is 0 Å². The number of ketones is 1. The molecule has 0 atom stereocenters. The molecule has 32 heavy (non-hydrogen) atoms. The lowest BCUT2D eigenvalue weighted by Gasteiger charge is -2.31. The predicted molar refractivity (Wildman–Crippen MR) is 133 cm³/mol. The third-order valence-electron chi connectivity index (χ3n) is 5.06. The second-order valence-electron chi connectivity index (χ2n) is 7.45. The fourth-order valence-corrected chi connectivity index (χ4v) is 4.15. The van der Waals surface area contributed by atoms with Gasteiger partial charge in [0.15, 0.2) is 5.78 Å². The van der Waals surface area contributed by atoms with Crippen molar-refractivity contribution >= 4 is 46.3 Å². The van der Waals surface area contributed by atoms with E-state index in [2.05, 4.69) is 20.7 Å². The highest BCUT2D eigenvalue weighted by molar-refractivity contribution is 7.92. The van der Waals surface area contributed by atoms with Crippen molar-refractivity contribution in [2.45, 2.75) is 26.2 Å². The topological polar surface area (TPSA) is 142 Å². The Morgan fingerprint density at radius 1 is 1.06 bits per heavy atom. The van der Waals surface area contributed by atoms with Crippen molar-refractivity contribution in [3.63, 3.8) is 0 Å². The third kappa shape index (κ3) is 9.81. The number of piperidine rings is 1. The van der Waals surface area contributed by atoms with Crippen LogP contribution < -0.4 is 4.72 Å². The first-order valence-electron chi connectivity index (χ1n) is 9.57. The van der Waals surface area contributed by atoms with E-state index in [-0.39, 0.29) is 47.5 Å². The van der Waals surface area contributed by atoms with Gasteiger partial charge >= 0.3 is 0 Å². The molecule has 0 unspecified atom stereocenters. The van der Waals surface area contributed by atoms with Crippen molar-refractivity contribution in [1.82, 2.24) is 9.88 Å². The van der Waals surface area contributed by atoms with Gasteiger partial charge in [-0.15, -0.1) is 24.8 Å². The number of hydrogen-bond donors (Lipinski definition) is 1. The Balaban J connectivity index is 0. The van der Waals surface area contributed by atoms with E-state index >= 15 is 0 Å². The Morgan fingerprint density at radius 3 is 2.19 bits per heavy atom. The fourth-order valence-electron chi connectivity index (χ4n) is 3.58. The van der Waals surface area contributed by atoms with Crippen LogP contribution >= 0.6 is 24.8 Å². The van der Waals surface area contributed by atoms with Gasteiger partial charge in [-0.25, -0.2) is 8.42 Å². The van der Waals surface area contributed by atoms with Crippen LogP contribution in [0.2, 0.25) is 0 Å². The van der Waals surface area contributed by atoms with Crippen molar-refractivity contribution in [3.8, 4) is 0 Å². The molecule has 1 aliphatic heterocycles. The Labute approximate surface area is 202 Å². The van der Waals surface area contributed by atoms with Gasteiger partial charge in [-0.1, -0.05) is 6.07 Å². The van der Waals surface area contributed by atoms with Gasteiger partial charge in [-0.3, -0.25) is 14.5 Å². The molecule has 8 nitrogen and oxygen atoms in total. The van der Waals surface area contributed by atoms with Crippen LogP contribution in [0.4, 0.5) is 5.69 Å². The summed E-state index contributed by atoms with van der Waals surface area (Å²) >= 11 is 0. The van der Waals surface area contributed by atoms with Gasteiger partial charge < -0.3 is 15.9 Å². The maximum Gasteiger partial charge on any atom is 0.229 e. The molecule has 5 N–H and O–H groups in total. The lowest BCUT2D eigenvalue weighted by Crippen LogP contribution is -2.37. The van der Waals surface area contributed by atoms with E-state index in [0.717, 1.165) is 56.5 Å². The number of likely N-dealkylation sites (tertiary alicyclic amines) is 1. The highest BCUT2D eigenvalue weighted by Gasteiger charge is 2.25. The average molecular weight is 510 g/mol. The number of aryl methyl sites for hydroxylation is 1. The van der Waals surface area contributed by atoms with Crippen LogP contribution in [0.5, 0.6) is 0 Å². The van der Waals surface area contributed by atoms with Gasteiger partial charge in [-0.05, 0) is 69.3 Å². The number of Topliss-reactive ketones (excluding diaryl/α,β-unsaturated/α-hetero) is 1. The number of hydrogen-bond acceptors (Lipinski definition) is 5. The molecule has 0 spiro atoms. The molecular weight excluding hydrogens is 477 g/mol. The van der Waals surface area contributed by atoms with Crippen LogP contribution in [-0.4, -0.2) is 60.9 Å². The number of carbonyl (C=O) groups is 1. The van der Waals surface area contributed by atoms with E-state index in [9.17, 15) is 13.2 Å². The second-order valence-corrected chi connectivity index (χ2v) is 9.20. The van der Waals surface area contributed by atoms with Crippen LogP contribution in [0.25, 0.3) is 0 Å². The molecule has 1 saturated heterocycles. The first-order chi connectivity index (χ1) is 13.3. The quantitative estimate of drug-likeness (QED) is 0.568. The summed E-state index contributed by atoms with van der Waals surface area (Å²) in [5.41, 5.74) is 3.26. The number of pyridine rings is 1.